The average Bonchev–Trinajstić information content (AvgIpc) is 3.26. The molecule has 5 aromatic carbocycles. The fraction of sp³-hybridized carbons (Fsp3) is 0.375. The van der Waals surface area contributed by atoms with Crippen molar-refractivity contribution in [2.45, 2.75) is 44.9 Å². The van der Waals surface area contributed by atoms with Crippen LogP contribution in [0.25, 0.3) is 0 Å². The summed E-state index contributed by atoms with van der Waals surface area (Å²) < 4.78 is 60.9. The first kappa shape index (κ1) is 43.2. The molecule has 0 N–H and O–H groups in total. The maximum absolute atomic E-state index is 6.56. The van der Waals surface area contributed by atoms with Gasteiger partial charge < -0.3 is 47.4 Å². The Balaban J connectivity index is 1.60. The average molecular weight is 872 g/mol. The molecule has 0 heterocycles. The molecular formula is C48H55BrO10. The third kappa shape index (κ3) is 9.57. The summed E-state index contributed by atoms with van der Waals surface area (Å²) in [7, 11) is 15.2. The van der Waals surface area contributed by atoms with Gasteiger partial charge in [0.2, 0.25) is 0 Å². The Hall–Kier alpha value is -5.42. The second-order valence-corrected chi connectivity index (χ2v) is 15.1. The molecule has 10 bridgehead atoms. The van der Waals surface area contributed by atoms with Crippen molar-refractivity contribution in [2.24, 2.45) is 0 Å². The minimum absolute atomic E-state index is 0.503. The van der Waals surface area contributed by atoms with E-state index in [4.69, 9.17) is 47.4 Å². The summed E-state index contributed by atoms with van der Waals surface area (Å²) in [4.78, 5) is 0. The summed E-state index contributed by atoms with van der Waals surface area (Å²) in [6, 6.07) is 20.4. The monoisotopic (exact) mass is 870 g/mol. The van der Waals surface area contributed by atoms with E-state index in [2.05, 4.69) is 28.1 Å². The number of benzene rings is 5. The van der Waals surface area contributed by atoms with Crippen LogP contribution in [0, 0.1) is 0 Å². The van der Waals surface area contributed by atoms with Crippen LogP contribution in [0.2, 0.25) is 0 Å². The highest BCUT2D eigenvalue weighted by Crippen LogP contribution is 2.42. The van der Waals surface area contributed by atoms with E-state index < -0.39 is 0 Å². The second-order valence-electron chi connectivity index (χ2n) is 14.3. The zero-order valence-corrected chi connectivity index (χ0v) is 37.2. The maximum Gasteiger partial charge on any atom is 0.123 e. The molecule has 5 aromatic rings. The fourth-order valence-electron chi connectivity index (χ4n) is 7.85. The molecular weight excluding hydrogens is 816 g/mol. The minimum atomic E-state index is 0.503. The molecule has 15 rings (SSSR count). The smallest absolute Gasteiger partial charge is 0.123 e. The predicted molar refractivity (Wildman–Crippen MR) is 234 cm³/mol. The van der Waals surface area contributed by atoms with E-state index in [0.29, 0.717) is 38.7 Å². The summed E-state index contributed by atoms with van der Waals surface area (Å²) in [5, 5.41) is 0.909. The van der Waals surface area contributed by atoms with Crippen molar-refractivity contribution < 1.29 is 47.4 Å². The third-order valence-electron chi connectivity index (χ3n) is 10.9. The largest absolute Gasteiger partial charge is 0.496 e. The summed E-state index contributed by atoms with van der Waals surface area (Å²) >= 11 is 3.56. The molecule has 59 heavy (non-hydrogen) atoms. The third-order valence-corrected chi connectivity index (χ3v) is 11.4. The molecule has 10 aliphatic rings. The Morgan fingerprint density at radius 3 is 0.678 bits per heavy atom. The van der Waals surface area contributed by atoms with Gasteiger partial charge in [-0.15, -0.1) is 0 Å². The van der Waals surface area contributed by atoms with Gasteiger partial charge in [-0.25, -0.2) is 0 Å². The highest BCUT2D eigenvalue weighted by molar-refractivity contribution is 9.09. The van der Waals surface area contributed by atoms with Crippen LogP contribution in [0.15, 0.2) is 60.7 Å². The number of halogens is 1. The van der Waals surface area contributed by atoms with E-state index in [0.717, 1.165) is 131 Å². The molecule has 11 heteroatoms. The number of methoxy groups -OCH3 is 9. The molecule has 10 aliphatic carbocycles. The first-order chi connectivity index (χ1) is 28.7. The quantitative estimate of drug-likeness (QED) is 0.0779. The first-order valence-corrected chi connectivity index (χ1v) is 20.7. The number of alkyl halides is 1. The Morgan fingerprint density at radius 1 is 0.305 bits per heavy atom. The van der Waals surface area contributed by atoms with Gasteiger partial charge in [0.15, 0.2) is 0 Å². The summed E-state index contributed by atoms with van der Waals surface area (Å²) in [5.74, 6) is 7.27. The van der Waals surface area contributed by atoms with E-state index in [1.54, 1.807) is 64.0 Å². The van der Waals surface area contributed by atoms with Gasteiger partial charge in [-0.2, -0.15) is 0 Å². The number of unbranched alkanes of at least 4 members (excludes halogenated alkanes) is 1. The van der Waals surface area contributed by atoms with Crippen molar-refractivity contribution in [1.29, 1.82) is 0 Å². The van der Waals surface area contributed by atoms with Crippen molar-refractivity contribution >= 4 is 15.9 Å². The molecule has 0 aromatic heterocycles. The van der Waals surface area contributed by atoms with Gasteiger partial charge in [-0.1, -0.05) is 15.9 Å². The molecule has 10 nitrogen and oxygen atoms in total. The minimum Gasteiger partial charge on any atom is -0.496 e. The van der Waals surface area contributed by atoms with E-state index in [1.807, 2.05) is 48.5 Å². The van der Waals surface area contributed by atoms with Gasteiger partial charge in [-0.05, 0) is 73.5 Å². The van der Waals surface area contributed by atoms with Crippen LogP contribution in [0.5, 0.6) is 57.5 Å². The molecule has 0 unspecified atom stereocenters. The van der Waals surface area contributed by atoms with E-state index in [9.17, 15) is 0 Å². The highest BCUT2D eigenvalue weighted by atomic mass is 79.9. The maximum atomic E-state index is 6.56. The molecule has 0 atom stereocenters. The number of hydrogen-bond acceptors (Lipinski definition) is 10. The van der Waals surface area contributed by atoms with E-state index in [-0.39, 0.29) is 0 Å². The summed E-state index contributed by atoms with van der Waals surface area (Å²) in [5.41, 5.74) is 9.37. The Morgan fingerprint density at radius 2 is 0.492 bits per heavy atom. The van der Waals surface area contributed by atoms with Gasteiger partial charge in [0.25, 0.3) is 0 Å². The van der Waals surface area contributed by atoms with Crippen molar-refractivity contribution in [1.82, 2.24) is 0 Å². The van der Waals surface area contributed by atoms with Gasteiger partial charge in [0, 0.05) is 93.1 Å². The Kier molecular flexibility index (Phi) is 14.7. The lowest BCUT2D eigenvalue weighted by Gasteiger charge is -2.20. The molecule has 0 radical (unpaired) electrons. The van der Waals surface area contributed by atoms with Crippen molar-refractivity contribution in [3.63, 3.8) is 0 Å². The van der Waals surface area contributed by atoms with Crippen molar-refractivity contribution in [3.8, 4) is 57.5 Å². The second kappa shape index (κ2) is 20.0. The molecule has 0 aliphatic heterocycles. The summed E-state index contributed by atoms with van der Waals surface area (Å²) in [6.07, 6.45) is 4.42. The lowest BCUT2D eigenvalue weighted by molar-refractivity contribution is 0.306. The van der Waals surface area contributed by atoms with E-state index >= 15 is 0 Å². The number of hydrogen-bond donors (Lipinski definition) is 0. The normalized spacial score (nSPS) is 12.2. The van der Waals surface area contributed by atoms with Gasteiger partial charge in [-0.3, -0.25) is 0 Å². The molecule has 0 amide bonds. The number of rotatable bonds is 14. The van der Waals surface area contributed by atoms with Crippen LogP contribution in [-0.4, -0.2) is 75.9 Å². The van der Waals surface area contributed by atoms with Crippen molar-refractivity contribution in [2.75, 3.05) is 75.9 Å². The van der Waals surface area contributed by atoms with Crippen LogP contribution >= 0.6 is 15.9 Å². The molecule has 314 valence electrons. The Bertz CT molecular complexity index is 2250. The highest BCUT2D eigenvalue weighted by Gasteiger charge is 2.23. The van der Waals surface area contributed by atoms with Gasteiger partial charge in [0.05, 0.1) is 70.6 Å². The molecule has 0 fully saturated rings. The standard InChI is InChI=1S/C48H55BrO10/c1-50-39-21-31-15-33-23-44(55-6)35(25-43(33)54-5)17-37-28-48(59-13-11-10-12-49)38(27-47(37)58-9)18-36-26-45(56-7)34(24-46(36)57-8)16-32-22-41(52-3)30(20-42(32)53-4)14-29(39)19-40(31)51-2/h19-28H,10-18H2,1-9H3. The Labute approximate surface area is 356 Å². The van der Waals surface area contributed by atoms with Crippen LogP contribution in [0.4, 0.5) is 0 Å². The zero-order valence-electron chi connectivity index (χ0n) is 35.6. The topological polar surface area (TPSA) is 92.3 Å². The van der Waals surface area contributed by atoms with Crippen molar-refractivity contribution in [3.05, 3.63) is 116 Å². The van der Waals surface area contributed by atoms with Crippen LogP contribution in [-0.2, 0) is 32.1 Å². The summed E-state index contributed by atoms with van der Waals surface area (Å²) in [6.45, 7) is 0.564. The number of ether oxygens (including phenoxy) is 10. The lowest BCUT2D eigenvalue weighted by Crippen LogP contribution is -2.06. The lowest BCUT2D eigenvalue weighted by atomic mass is 9.94. The predicted octanol–water partition coefficient (Wildman–Crippen LogP) is 9.59. The van der Waals surface area contributed by atoms with E-state index in [1.165, 1.54) is 0 Å². The first-order valence-electron chi connectivity index (χ1n) is 19.6. The van der Waals surface area contributed by atoms with Gasteiger partial charge >= 0.3 is 0 Å². The molecule has 0 saturated carbocycles. The molecule has 0 saturated heterocycles. The fourth-order valence-corrected chi connectivity index (χ4v) is 8.25. The SMILES string of the molecule is COc1cc2c(OC)cc1Cc1cc(OC)c(cc1OC)Cc1cc(OC)c(cc1OC)Cc1cc(OC)c(cc1OCCCCBr)Cc1cc(OC)c(cc1OC)C2. The van der Waals surface area contributed by atoms with Crippen LogP contribution in [0.3, 0.4) is 0 Å². The van der Waals surface area contributed by atoms with Crippen LogP contribution < -0.4 is 47.4 Å². The van der Waals surface area contributed by atoms with Gasteiger partial charge in [0.1, 0.15) is 57.5 Å². The molecule has 0 spiro atoms. The van der Waals surface area contributed by atoms with Crippen LogP contribution in [0.1, 0.15) is 68.5 Å². The zero-order chi connectivity index (χ0) is 42.1.